The summed E-state index contributed by atoms with van der Waals surface area (Å²) in [6.45, 7) is -0.794. The van der Waals surface area contributed by atoms with E-state index in [0.29, 0.717) is 18.9 Å². The Bertz CT molecular complexity index is 1240. The molecule has 0 unspecified atom stereocenters. The van der Waals surface area contributed by atoms with Gasteiger partial charge in [-0.25, -0.2) is 22.2 Å². The maximum Gasteiger partial charge on any atom is 0.287 e. The molecule has 4 fully saturated rings. The summed E-state index contributed by atoms with van der Waals surface area (Å²) >= 11 is 0. The van der Waals surface area contributed by atoms with Crippen molar-refractivity contribution in [3.8, 4) is 0 Å². The van der Waals surface area contributed by atoms with E-state index in [4.69, 9.17) is 0 Å². The third-order valence-electron chi connectivity index (χ3n) is 8.13. The van der Waals surface area contributed by atoms with E-state index in [2.05, 4.69) is 15.5 Å². The van der Waals surface area contributed by atoms with Gasteiger partial charge in [-0.15, -0.1) is 5.10 Å². The van der Waals surface area contributed by atoms with Gasteiger partial charge in [-0.05, 0) is 71.2 Å². The molecule has 0 radical (unpaired) electrons. The molecule has 2 N–H and O–H groups in total. The number of aromatic nitrogens is 4. The minimum atomic E-state index is -3.75. The van der Waals surface area contributed by atoms with Crippen LogP contribution in [0.1, 0.15) is 48.8 Å². The van der Waals surface area contributed by atoms with E-state index >= 15 is 8.78 Å². The summed E-state index contributed by atoms with van der Waals surface area (Å²) in [5.74, 6) is -5.95. The molecule has 1 heterocycles. The average molecular weight is 474 g/mol. The lowest BCUT2D eigenvalue weighted by molar-refractivity contribution is -0.347. The molecule has 0 spiro atoms. The monoisotopic (exact) mass is 474 g/mol. The first-order valence-corrected chi connectivity index (χ1v) is 11.1. The van der Waals surface area contributed by atoms with E-state index in [-0.39, 0.29) is 19.3 Å². The lowest BCUT2D eigenvalue weighted by atomic mass is 9.30. The standard InChI is InChI=1S/C24H22F4N4O2/c25-17-5-6-18(19(26)9-17)23(34,13-32-14-29-30-31-32)24(27,28)21-10-20(11-21,12-21)15-1-3-16(4-2-15)22(33)7-8-22/h1-6,9,14,33-34H,7-8,10-13H2/t20?,21?,23-/m1/s1. The summed E-state index contributed by atoms with van der Waals surface area (Å²) in [7, 11) is 0. The molecule has 0 saturated heterocycles. The molecule has 10 heteroatoms. The van der Waals surface area contributed by atoms with Gasteiger partial charge >= 0.3 is 0 Å². The van der Waals surface area contributed by atoms with Gasteiger partial charge in [0.05, 0.1) is 12.1 Å². The number of tetrazole rings is 1. The Morgan fingerprint density at radius 1 is 0.971 bits per heavy atom. The summed E-state index contributed by atoms with van der Waals surface area (Å²) < 4.78 is 61.5. The van der Waals surface area contributed by atoms with E-state index in [0.717, 1.165) is 34.3 Å². The van der Waals surface area contributed by atoms with Crippen LogP contribution in [0.5, 0.6) is 0 Å². The minimum absolute atomic E-state index is 0.122. The van der Waals surface area contributed by atoms with Crippen LogP contribution >= 0.6 is 0 Å². The van der Waals surface area contributed by atoms with Crippen molar-refractivity contribution in [3.05, 3.63) is 77.1 Å². The quantitative estimate of drug-likeness (QED) is 0.512. The predicted molar refractivity (Wildman–Crippen MR) is 111 cm³/mol. The summed E-state index contributed by atoms with van der Waals surface area (Å²) in [5, 5.41) is 32.1. The Balaban J connectivity index is 1.31. The van der Waals surface area contributed by atoms with E-state index in [1.165, 1.54) is 0 Å². The van der Waals surface area contributed by atoms with Gasteiger partial charge in [0.2, 0.25) is 0 Å². The highest BCUT2D eigenvalue weighted by Gasteiger charge is 2.82. The van der Waals surface area contributed by atoms with Crippen LogP contribution in [0.3, 0.4) is 0 Å². The van der Waals surface area contributed by atoms with E-state index in [9.17, 15) is 19.0 Å². The highest BCUT2D eigenvalue weighted by Crippen LogP contribution is 2.80. The fourth-order valence-electron chi connectivity index (χ4n) is 6.07. The van der Waals surface area contributed by atoms with Crippen LogP contribution in [-0.4, -0.2) is 36.3 Å². The molecule has 1 aromatic heterocycles. The van der Waals surface area contributed by atoms with Crippen molar-refractivity contribution in [1.82, 2.24) is 20.2 Å². The third-order valence-corrected chi connectivity index (χ3v) is 8.13. The number of aliphatic hydroxyl groups is 2. The van der Waals surface area contributed by atoms with Crippen molar-refractivity contribution in [2.24, 2.45) is 5.41 Å². The number of halogens is 4. The van der Waals surface area contributed by atoms with Gasteiger partial charge in [-0.1, -0.05) is 24.3 Å². The Morgan fingerprint density at radius 2 is 1.62 bits per heavy atom. The van der Waals surface area contributed by atoms with Gasteiger partial charge < -0.3 is 10.2 Å². The Labute approximate surface area is 192 Å². The number of hydrogen-bond acceptors (Lipinski definition) is 5. The molecule has 3 aromatic rings. The van der Waals surface area contributed by atoms with Crippen molar-refractivity contribution < 1.29 is 27.8 Å². The predicted octanol–water partition coefficient (Wildman–Crippen LogP) is 3.58. The number of nitrogens with zero attached hydrogens (tertiary/aromatic N) is 4. The largest absolute Gasteiger partial charge is 0.385 e. The lowest BCUT2D eigenvalue weighted by Gasteiger charge is -2.74. The van der Waals surface area contributed by atoms with E-state index in [1.54, 1.807) is 0 Å². The van der Waals surface area contributed by atoms with Crippen LogP contribution in [-0.2, 0) is 23.2 Å². The molecule has 6 nitrogen and oxygen atoms in total. The molecule has 2 aromatic carbocycles. The fourth-order valence-corrected chi connectivity index (χ4v) is 6.07. The molecule has 4 aliphatic carbocycles. The summed E-state index contributed by atoms with van der Waals surface area (Å²) in [5.41, 5.74) is -4.70. The zero-order valence-electron chi connectivity index (χ0n) is 18.1. The zero-order chi connectivity index (χ0) is 24.0. The van der Waals surface area contributed by atoms with Gasteiger partial charge in [0.1, 0.15) is 18.0 Å². The summed E-state index contributed by atoms with van der Waals surface area (Å²) in [6, 6.07) is 9.61. The van der Waals surface area contributed by atoms with Crippen LogP contribution in [0.4, 0.5) is 17.6 Å². The van der Waals surface area contributed by atoms with Crippen LogP contribution in [0.2, 0.25) is 0 Å². The Hall–Kier alpha value is -2.85. The summed E-state index contributed by atoms with van der Waals surface area (Å²) in [6.07, 6.45) is 2.85. The van der Waals surface area contributed by atoms with E-state index < -0.39 is 51.7 Å². The van der Waals surface area contributed by atoms with E-state index in [1.807, 2.05) is 24.3 Å². The molecular weight excluding hydrogens is 452 g/mol. The van der Waals surface area contributed by atoms with Crippen molar-refractivity contribution in [1.29, 1.82) is 0 Å². The topological polar surface area (TPSA) is 84.1 Å². The normalized spacial score (nSPS) is 28.5. The second-order valence-electron chi connectivity index (χ2n) is 10.3. The van der Waals surface area contributed by atoms with Crippen LogP contribution in [0.15, 0.2) is 48.8 Å². The maximum atomic E-state index is 16.2. The lowest BCUT2D eigenvalue weighted by Crippen LogP contribution is -2.76. The van der Waals surface area contributed by atoms with Crippen molar-refractivity contribution in [2.45, 2.75) is 61.2 Å². The van der Waals surface area contributed by atoms with Crippen molar-refractivity contribution in [2.75, 3.05) is 0 Å². The Morgan fingerprint density at radius 3 is 2.18 bits per heavy atom. The maximum absolute atomic E-state index is 16.2. The first kappa shape index (κ1) is 21.7. The molecule has 1 atom stereocenters. The summed E-state index contributed by atoms with van der Waals surface area (Å²) in [4.78, 5) is 0. The third kappa shape index (κ3) is 2.78. The van der Waals surface area contributed by atoms with Crippen molar-refractivity contribution in [3.63, 3.8) is 0 Å². The molecule has 7 rings (SSSR count). The van der Waals surface area contributed by atoms with Crippen LogP contribution in [0, 0.1) is 17.0 Å². The number of hydrogen-bond donors (Lipinski definition) is 2. The van der Waals surface area contributed by atoms with Gasteiger partial charge in [-0.2, -0.15) is 0 Å². The Kier molecular flexibility index (Phi) is 4.23. The molecular formula is C24H22F4N4O2. The molecule has 178 valence electrons. The first-order chi connectivity index (χ1) is 16.0. The SMILES string of the molecule is OC1(c2ccc(C34CC(C(F)(F)[C@@](O)(Cn5cnnn5)c5ccc(F)cc5F)(C3)C4)cc2)CC1. The smallest absolute Gasteiger partial charge is 0.287 e. The average Bonchev–Trinajstić information content (AvgIpc) is 3.26. The molecule has 4 aliphatic rings. The van der Waals surface area contributed by atoms with Crippen LogP contribution in [0.25, 0.3) is 0 Å². The molecule has 2 bridgehead atoms. The molecule has 0 amide bonds. The highest BCUT2D eigenvalue weighted by molar-refractivity contribution is 5.44. The van der Waals surface area contributed by atoms with Gasteiger partial charge in [0, 0.05) is 17.0 Å². The van der Waals surface area contributed by atoms with Crippen molar-refractivity contribution >= 4 is 0 Å². The fraction of sp³-hybridized carbons (Fsp3) is 0.458. The zero-order valence-corrected chi connectivity index (χ0v) is 18.1. The van der Waals surface area contributed by atoms with Gasteiger partial charge in [0.25, 0.3) is 5.92 Å². The molecule has 0 aliphatic heterocycles. The first-order valence-electron chi connectivity index (χ1n) is 11.1. The number of benzene rings is 2. The molecule has 34 heavy (non-hydrogen) atoms. The highest BCUT2D eigenvalue weighted by atomic mass is 19.3. The van der Waals surface area contributed by atoms with Crippen LogP contribution < -0.4 is 0 Å². The van der Waals surface area contributed by atoms with Gasteiger partial charge in [0.15, 0.2) is 5.60 Å². The second-order valence-corrected chi connectivity index (χ2v) is 10.3. The van der Waals surface area contributed by atoms with Gasteiger partial charge in [-0.3, -0.25) is 0 Å². The molecule has 4 saturated carbocycles. The number of rotatable bonds is 7. The second kappa shape index (κ2) is 6.63. The number of alkyl halides is 2. The minimum Gasteiger partial charge on any atom is -0.385 e.